The molecule has 3 aliphatic carbocycles. The lowest BCUT2D eigenvalue weighted by atomic mass is 9.65. The SMILES string of the molecule is N#C[C@]1(c2ccccc2)CC[C@](OCC2CC2)(c2nc(-c3ccccc3)nn2CC2CC2)CC1. The molecular weight excluding hydrogens is 420 g/mol. The first kappa shape index (κ1) is 21.6. The number of benzene rings is 2. The summed E-state index contributed by atoms with van der Waals surface area (Å²) in [5, 5.41) is 15.3. The standard InChI is InChI=1S/C29H32N4O/c30-21-28(25-9-5-2-6-10-25)15-17-29(18-16-28,34-20-23-13-14-23)27-31-26(24-7-3-1-4-8-24)32-33(27)19-22-11-12-22/h1-10,22-23H,11-20H2/t28-,29+. The van der Waals surface area contributed by atoms with Gasteiger partial charge in [-0.05, 0) is 68.8 Å². The number of hydrogen-bond acceptors (Lipinski definition) is 4. The third-order valence-electron chi connectivity index (χ3n) is 7.98. The largest absolute Gasteiger partial charge is 0.367 e. The molecule has 0 spiro atoms. The van der Waals surface area contributed by atoms with Crippen LogP contribution in [0.5, 0.6) is 0 Å². The van der Waals surface area contributed by atoms with E-state index in [1.54, 1.807) is 0 Å². The number of nitriles is 1. The summed E-state index contributed by atoms with van der Waals surface area (Å²) in [5.74, 6) is 3.11. The summed E-state index contributed by atoms with van der Waals surface area (Å²) in [6, 6.07) is 23.3. The van der Waals surface area contributed by atoms with E-state index in [2.05, 4.69) is 35.0 Å². The zero-order chi connectivity index (χ0) is 23.0. The third-order valence-corrected chi connectivity index (χ3v) is 7.98. The van der Waals surface area contributed by atoms with Crippen LogP contribution >= 0.6 is 0 Å². The highest BCUT2D eigenvalue weighted by Crippen LogP contribution is 2.50. The highest BCUT2D eigenvalue weighted by atomic mass is 16.5. The van der Waals surface area contributed by atoms with Crippen molar-refractivity contribution >= 4 is 0 Å². The van der Waals surface area contributed by atoms with Crippen LogP contribution in [0.3, 0.4) is 0 Å². The summed E-state index contributed by atoms with van der Waals surface area (Å²) in [6.45, 7) is 1.69. The average molecular weight is 453 g/mol. The fourth-order valence-electron chi connectivity index (χ4n) is 5.36. The Labute approximate surface area is 201 Å². The molecule has 6 rings (SSSR count). The van der Waals surface area contributed by atoms with Gasteiger partial charge in [-0.2, -0.15) is 10.4 Å². The first-order valence-electron chi connectivity index (χ1n) is 12.8. The van der Waals surface area contributed by atoms with Gasteiger partial charge in [0.25, 0.3) is 0 Å². The fourth-order valence-corrected chi connectivity index (χ4v) is 5.36. The van der Waals surface area contributed by atoms with E-state index in [0.29, 0.717) is 11.8 Å². The van der Waals surface area contributed by atoms with Crippen LogP contribution in [0.25, 0.3) is 11.4 Å². The molecular formula is C29H32N4O. The van der Waals surface area contributed by atoms with Gasteiger partial charge >= 0.3 is 0 Å². The van der Waals surface area contributed by atoms with Crippen molar-refractivity contribution in [3.05, 3.63) is 72.1 Å². The molecule has 1 heterocycles. The van der Waals surface area contributed by atoms with Crippen LogP contribution < -0.4 is 0 Å². The summed E-state index contributed by atoms with van der Waals surface area (Å²) in [4.78, 5) is 5.15. The van der Waals surface area contributed by atoms with Crippen molar-refractivity contribution in [2.45, 2.75) is 68.9 Å². The molecule has 3 saturated carbocycles. The number of aromatic nitrogens is 3. The predicted octanol–water partition coefficient (Wildman–Crippen LogP) is 6.01. The maximum absolute atomic E-state index is 10.3. The van der Waals surface area contributed by atoms with Gasteiger partial charge in [0, 0.05) is 12.1 Å². The average Bonchev–Trinajstić information content (AvgIpc) is 3.83. The van der Waals surface area contributed by atoms with E-state index in [-0.39, 0.29) is 0 Å². The van der Waals surface area contributed by atoms with Gasteiger partial charge in [-0.25, -0.2) is 9.67 Å². The zero-order valence-corrected chi connectivity index (χ0v) is 19.7. The molecule has 2 aromatic carbocycles. The van der Waals surface area contributed by atoms with Gasteiger partial charge in [0.1, 0.15) is 5.60 Å². The lowest BCUT2D eigenvalue weighted by Crippen LogP contribution is -2.43. The number of nitrogens with zero attached hydrogens (tertiary/aromatic N) is 4. The van der Waals surface area contributed by atoms with E-state index in [1.165, 1.54) is 25.7 Å². The Kier molecular flexibility index (Phi) is 5.50. The predicted molar refractivity (Wildman–Crippen MR) is 131 cm³/mol. The molecule has 0 unspecified atom stereocenters. The van der Waals surface area contributed by atoms with Crippen LogP contribution in [0.1, 0.15) is 62.8 Å². The molecule has 0 radical (unpaired) electrons. The first-order chi connectivity index (χ1) is 16.7. The van der Waals surface area contributed by atoms with Crippen molar-refractivity contribution in [1.29, 1.82) is 5.26 Å². The second-order valence-electron chi connectivity index (χ2n) is 10.6. The highest BCUT2D eigenvalue weighted by molar-refractivity contribution is 5.54. The zero-order valence-electron chi connectivity index (χ0n) is 19.7. The minimum absolute atomic E-state index is 0.461. The maximum atomic E-state index is 10.3. The molecule has 0 saturated heterocycles. The van der Waals surface area contributed by atoms with Crippen LogP contribution in [0.4, 0.5) is 0 Å². The van der Waals surface area contributed by atoms with E-state index in [0.717, 1.165) is 61.6 Å². The van der Waals surface area contributed by atoms with Gasteiger partial charge in [0.2, 0.25) is 0 Å². The Morgan fingerprint density at radius 1 is 0.882 bits per heavy atom. The topological polar surface area (TPSA) is 63.7 Å². The van der Waals surface area contributed by atoms with Crippen molar-refractivity contribution in [3.63, 3.8) is 0 Å². The summed E-state index contributed by atoms with van der Waals surface area (Å²) >= 11 is 0. The lowest BCUT2D eigenvalue weighted by Gasteiger charge is -2.43. The number of rotatable bonds is 8. The highest BCUT2D eigenvalue weighted by Gasteiger charge is 2.49. The molecule has 5 heteroatoms. The third kappa shape index (κ3) is 4.16. The fraction of sp³-hybridized carbons (Fsp3) is 0.483. The second kappa shape index (κ2) is 8.67. The maximum Gasteiger partial charge on any atom is 0.181 e. The molecule has 0 amide bonds. The van der Waals surface area contributed by atoms with Gasteiger partial charge in [-0.15, -0.1) is 0 Å². The van der Waals surface area contributed by atoms with Crippen LogP contribution in [-0.2, 0) is 22.3 Å². The Morgan fingerprint density at radius 3 is 2.15 bits per heavy atom. The summed E-state index contributed by atoms with van der Waals surface area (Å²) in [5.41, 5.74) is 1.23. The molecule has 0 atom stereocenters. The quantitative estimate of drug-likeness (QED) is 0.420. The van der Waals surface area contributed by atoms with E-state index >= 15 is 0 Å². The Bertz CT molecular complexity index is 1160. The molecule has 34 heavy (non-hydrogen) atoms. The Morgan fingerprint density at radius 2 is 1.53 bits per heavy atom. The second-order valence-corrected chi connectivity index (χ2v) is 10.6. The van der Waals surface area contributed by atoms with Crippen molar-refractivity contribution in [2.75, 3.05) is 6.61 Å². The normalized spacial score (nSPS) is 26.8. The van der Waals surface area contributed by atoms with E-state index in [9.17, 15) is 5.26 Å². The molecule has 5 nitrogen and oxygen atoms in total. The van der Waals surface area contributed by atoms with Gasteiger partial charge < -0.3 is 4.74 Å². The van der Waals surface area contributed by atoms with E-state index < -0.39 is 11.0 Å². The van der Waals surface area contributed by atoms with Crippen molar-refractivity contribution in [3.8, 4) is 17.5 Å². The lowest BCUT2D eigenvalue weighted by molar-refractivity contribution is -0.0965. The minimum Gasteiger partial charge on any atom is -0.367 e. The smallest absolute Gasteiger partial charge is 0.181 e. The molecule has 1 aromatic heterocycles. The monoisotopic (exact) mass is 452 g/mol. The molecule has 0 bridgehead atoms. The molecule has 3 aromatic rings. The molecule has 3 fully saturated rings. The van der Waals surface area contributed by atoms with Crippen LogP contribution in [0.2, 0.25) is 0 Å². The summed E-state index contributed by atoms with van der Waals surface area (Å²) < 4.78 is 8.96. The van der Waals surface area contributed by atoms with E-state index in [4.69, 9.17) is 14.8 Å². The van der Waals surface area contributed by atoms with Crippen molar-refractivity contribution in [2.24, 2.45) is 11.8 Å². The molecule has 0 N–H and O–H groups in total. The molecule has 0 aliphatic heterocycles. The Hall–Kier alpha value is -2.97. The van der Waals surface area contributed by atoms with Gasteiger partial charge in [0.05, 0.1) is 18.1 Å². The molecule has 3 aliphatic rings. The molecule has 174 valence electrons. The summed E-state index contributed by atoms with van der Waals surface area (Å²) in [7, 11) is 0. The summed E-state index contributed by atoms with van der Waals surface area (Å²) in [6.07, 6.45) is 8.17. The first-order valence-corrected chi connectivity index (χ1v) is 12.8. The van der Waals surface area contributed by atoms with Crippen LogP contribution in [0, 0.1) is 23.2 Å². The van der Waals surface area contributed by atoms with Gasteiger partial charge in [0.15, 0.2) is 11.6 Å². The van der Waals surface area contributed by atoms with Crippen molar-refractivity contribution in [1.82, 2.24) is 14.8 Å². The number of ether oxygens (including phenoxy) is 1. The van der Waals surface area contributed by atoms with Crippen LogP contribution in [0.15, 0.2) is 60.7 Å². The number of hydrogen-bond donors (Lipinski definition) is 0. The van der Waals surface area contributed by atoms with Gasteiger partial charge in [-0.3, -0.25) is 0 Å². The Balaban J connectivity index is 1.37. The van der Waals surface area contributed by atoms with Crippen molar-refractivity contribution < 1.29 is 4.74 Å². The van der Waals surface area contributed by atoms with E-state index in [1.807, 2.05) is 36.4 Å². The minimum atomic E-state index is -0.480. The van der Waals surface area contributed by atoms with Gasteiger partial charge in [-0.1, -0.05) is 60.7 Å². The van der Waals surface area contributed by atoms with Crippen LogP contribution in [-0.4, -0.2) is 21.4 Å².